The average molecular weight is 267 g/mol. The van der Waals surface area contributed by atoms with Gasteiger partial charge in [0, 0.05) is 19.8 Å². The van der Waals surface area contributed by atoms with Gasteiger partial charge in [-0.2, -0.15) is 5.10 Å². The maximum Gasteiger partial charge on any atom is 0.191 e. The Hall–Kier alpha value is -1.95. The lowest BCUT2D eigenvalue weighted by molar-refractivity contribution is 0.269. The molecule has 19 heavy (non-hydrogen) atoms. The third kappa shape index (κ3) is 3.29. The smallest absolute Gasteiger partial charge is 0.191 e. The predicted octanol–water partition coefficient (Wildman–Crippen LogP) is 2.00. The van der Waals surface area contributed by atoms with Gasteiger partial charge in [-0.1, -0.05) is 0 Å². The first-order chi connectivity index (χ1) is 9.10. The molecule has 0 spiro atoms. The number of hydrogen-bond donors (Lipinski definition) is 1. The number of hydrogen-bond acceptors (Lipinski definition) is 3. The van der Waals surface area contributed by atoms with Gasteiger partial charge in [0.15, 0.2) is 17.4 Å². The van der Waals surface area contributed by atoms with E-state index in [-0.39, 0.29) is 12.4 Å². The number of nitrogens with one attached hydrogen (secondary N) is 1. The number of nitrogens with zero attached hydrogens (tertiary/aromatic N) is 2. The summed E-state index contributed by atoms with van der Waals surface area (Å²) in [7, 11) is 3.47. The van der Waals surface area contributed by atoms with Crippen LogP contribution < -0.4 is 10.1 Å². The Balaban J connectivity index is 2.11. The molecule has 1 heterocycles. The summed E-state index contributed by atoms with van der Waals surface area (Å²) >= 11 is 0. The van der Waals surface area contributed by atoms with E-state index in [1.807, 2.05) is 0 Å². The standard InChI is InChI=1S/C13H15F2N3O/c1-16-7-9-5-11(14)13(12(15)6-9)19-8-10-3-4-18(2)17-10/h3-6,16H,7-8H2,1-2H3. The first kappa shape index (κ1) is 13.5. The molecule has 0 amide bonds. The predicted molar refractivity (Wildman–Crippen MR) is 66.7 cm³/mol. The summed E-state index contributed by atoms with van der Waals surface area (Å²) in [6.45, 7) is 0.425. The maximum atomic E-state index is 13.7. The summed E-state index contributed by atoms with van der Waals surface area (Å²) < 4.78 is 34.2. The lowest BCUT2D eigenvalue weighted by Gasteiger charge is -2.09. The minimum Gasteiger partial charge on any atom is -0.481 e. The molecule has 0 fully saturated rings. The van der Waals surface area contributed by atoms with Gasteiger partial charge in [-0.15, -0.1) is 0 Å². The number of ether oxygens (including phenoxy) is 1. The lowest BCUT2D eigenvalue weighted by Crippen LogP contribution is -2.07. The van der Waals surface area contributed by atoms with Gasteiger partial charge in [-0.3, -0.25) is 4.68 Å². The number of benzene rings is 1. The summed E-state index contributed by atoms with van der Waals surface area (Å²) in [6.07, 6.45) is 1.74. The van der Waals surface area contributed by atoms with Crippen molar-refractivity contribution in [2.45, 2.75) is 13.2 Å². The molecular formula is C13H15F2N3O. The van der Waals surface area contributed by atoms with E-state index in [2.05, 4.69) is 10.4 Å². The van der Waals surface area contributed by atoms with Crippen molar-refractivity contribution in [3.05, 3.63) is 47.3 Å². The largest absolute Gasteiger partial charge is 0.481 e. The number of halogens is 2. The molecule has 0 atom stereocenters. The summed E-state index contributed by atoms with van der Waals surface area (Å²) in [5.74, 6) is -1.78. The van der Waals surface area contributed by atoms with Crippen LogP contribution in [0, 0.1) is 11.6 Å². The molecule has 0 aliphatic heterocycles. The normalized spacial score (nSPS) is 10.7. The summed E-state index contributed by atoms with van der Waals surface area (Å²) in [5.41, 5.74) is 1.14. The topological polar surface area (TPSA) is 39.1 Å². The zero-order valence-electron chi connectivity index (χ0n) is 10.8. The molecule has 0 aliphatic rings. The Kier molecular flexibility index (Phi) is 4.11. The molecule has 1 aromatic carbocycles. The van der Waals surface area contributed by atoms with Crippen LogP contribution in [0.5, 0.6) is 5.75 Å². The van der Waals surface area contributed by atoms with Crippen molar-refractivity contribution in [2.24, 2.45) is 7.05 Å². The van der Waals surface area contributed by atoms with Crippen molar-refractivity contribution >= 4 is 0 Å². The van der Waals surface area contributed by atoms with Crippen LogP contribution in [0.2, 0.25) is 0 Å². The van der Waals surface area contributed by atoms with Crippen molar-refractivity contribution in [1.29, 1.82) is 0 Å². The number of rotatable bonds is 5. The Morgan fingerprint density at radius 2 is 2.00 bits per heavy atom. The Bertz CT molecular complexity index is 546. The molecule has 1 aromatic heterocycles. The van der Waals surface area contributed by atoms with Gasteiger partial charge in [-0.05, 0) is 30.8 Å². The van der Waals surface area contributed by atoms with Crippen LogP contribution in [-0.4, -0.2) is 16.8 Å². The molecule has 0 saturated carbocycles. The molecule has 0 bridgehead atoms. The molecule has 2 rings (SSSR count). The van der Waals surface area contributed by atoms with E-state index in [1.54, 1.807) is 31.0 Å². The first-order valence-corrected chi connectivity index (χ1v) is 5.84. The fourth-order valence-electron chi connectivity index (χ4n) is 1.74. The van der Waals surface area contributed by atoms with Gasteiger partial charge in [0.25, 0.3) is 0 Å². The van der Waals surface area contributed by atoms with Gasteiger partial charge in [0.2, 0.25) is 0 Å². The molecule has 6 heteroatoms. The summed E-state index contributed by atoms with van der Waals surface area (Å²) in [4.78, 5) is 0. The fraction of sp³-hybridized carbons (Fsp3) is 0.308. The molecule has 4 nitrogen and oxygen atoms in total. The van der Waals surface area contributed by atoms with Crippen LogP contribution in [0.15, 0.2) is 24.4 Å². The van der Waals surface area contributed by atoms with E-state index in [0.29, 0.717) is 17.8 Å². The lowest BCUT2D eigenvalue weighted by atomic mass is 10.2. The minimum atomic E-state index is -0.707. The second-order valence-electron chi connectivity index (χ2n) is 4.19. The Morgan fingerprint density at radius 1 is 1.32 bits per heavy atom. The second kappa shape index (κ2) is 5.79. The van der Waals surface area contributed by atoms with Gasteiger partial charge in [0.1, 0.15) is 6.61 Å². The molecule has 102 valence electrons. The highest BCUT2D eigenvalue weighted by atomic mass is 19.1. The average Bonchev–Trinajstić information content (AvgIpc) is 2.74. The maximum absolute atomic E-state index is 13.7. The van der Waals surface area contributed by atoms with Crippen molar-refractivity contribution < 1.29 is 13.5 Å². The fourth-order valence-corrected chi connectivity index (χ4v) is 1.74. The number of aryl methyl sites for hydroxylation is 1. The van der Waals surface area contributed by atoms with Crippen molar-refractivity contribution in [3.8, 4) is 5.75 Å². The third-order valence-electron chi connectivity index (χ3n) is 2.57. The second-order valence-corrected chi connectivity index (χ2v) is 4.19. The Labute approximate surface area is 110 Å². The van der Waals surface area contributed by atoms with E-state index in [0.717, 1.165) is 0 Å². The van der Waals surface area contributed by atoms with Gasteiger partial charge in [0.05, 0.1) is 5.69 Å². The quantitative estimate of drug-likeness (QED) is 0.900. The molecular weight excluding hydrogens is 252 g/mol. The molecule has 0 radical (unpaired) electrons. The molecule has 2 aromatic rings. The monoisotopic (exact) mass is 267 g/mol. The van der Waals surface area contributed by atoms with Crippen LogP contribution in [-0.2, 0) is 20.2 Å². The van der Waals surface area contributed by atoms with E-state index in [1.165, 1.54) is 12.1 Å². The van der Waals surface area contributed by atoms with Crippen LogP contribution in [0.3, 0.4) is 0 Å². The molecule has 1 N–H and O–H groups in total. The third-order valence-corrected chi connectivity index (χ3v) is 2.57. The zero-order valence-corrected chi connectivity index (χ0v) is 10.8. The summed E-state index contributed by atoms with van der Waals surface area (Å²) in [5, 5.41) is 6.90. The first-order valence-electron chi connectivity index (χ1n) is 5.84. The van der Waals surface area contributed by atoms with Crippen molar-refractivity contribution in [2.75, 3.05) is 7.05 Å². The van der Waals surface area contributed by atoms with Crippen molar-refractivity contribution in [3.63, 3.8) is 0 Å². The highest BCUT2D eigenvalue weighted by Gasteiger charge is 2.13. The van der Waals surface area contributed by atoms with Crippen molar-refractivity contribution in [1.82, 2.24) is 15.1 Å². The highest BCUT2D eigenvalue weighted by Crippen LogP contribution is 2.24. The van der Waals surface area contributed by atoms with Gasteiger partial charge < -0.3 is 10.1 Å². The van der Waals surface area contributed by atoms with E-state index >= 15 is 0 Å². The van der Waals surface area contributed by atoms with Crippen LogP contribution in [0.25, 0.3) is 0 Å². The highest BCUT2D eigenvalue weighted by molar-refractivity contribution is 5.31. The molecule has 0 unspecified atom stereocenters. The van der Waals surface area contributed by atoms with E-state index < -0.39 is 11.6 Å². The molecule has 0 saturated heterocycles. The van der Waals surface area contributed by atoms with Crippen LogP contribution >= 0.6 is 0 Å². The van der Waals surface area contributed by atoms with Gasteiger partial charge >= 0.3 is 0 Å². The van der Waals surface area contributed by atoms with Crippen LogP contribution in [0.4, 0.5) is 8.78 Å². The Morgan fingerprint density at radius 3 is 2.53 bits per heavy atom. The molecule has 0 aliphatic carbocycles. The van der Waals surface area contributed by atoms with E-state index in [4.69, 9.17) is 4.74 Å². The number of aromatic nitrogens is 2. The minimum absolute atomic E-state index is 0.0278. The SMILES string of the molecule is CNCc1cc(F)c(OCc2ccn(C)n2)c(F)c1. The summed E-state index contributed by atoms with van der Waals surface area (Å²) in [6, 6.07) is 4.24. The van der Waals surface area contributed by atoms with Gasteiger partial charge in [-0.25, -0.2) is 8.78 Å². The van der Waals surface area contributed by atoms with E-state index in [9.17, 15) is 8.78 Å². The van der Waals surface area contributed by atoms with Crippen LogP contribution in [0.1, 0.15) is 11.3 Å². The zero-order chi connectivity index (χ0) is 13.8.